The van der Waals surface area contributed by atoms with Gasteiger partial charge in [0.1, 0.15) is 25.0 Å². The van der Waals surface area contributed by atoms with Crippen molar-refractivity contribution in [2.75, 3.05) is 6.61 Å². The van der Waals surface area contributed by atoms with Crippen LogP contribution in [0.25, 0.3) is 0 Å². The maximum atomic E-state index is 13.5. The standard InChI is InChI=1S/C15H19FN2O7/c1-3-12(19)23-7-10-9(25-13(20)4-2)5-11(24-10)18-6-8(16)14(21)17-15(18)22/h6,9-11H,3-5,7H2,1-2H3,(H,17,21,22)/t9-,10+,11+/m0/s1. The Bertz CT molecular complexity index is 757. The summed E-state index contributed by atoms with van der Waals surface area (Å²) >= 11 is 0. The van der Waals surface area contributed by atoms with Gasteiger partial charge in [-0.3, -0.25) is 23.9 Å². The van der Waals surface area contributed by atoms with Crippen molar-refractivity contribution in [2.24, 2.45) is 0 Å². The molecule has 0 aliphatic carbocycles. The molecule has 1 saturated heterocycles. The summed E-state index contributed by atoms with van der Waals surface area (Å²) in [5.74, 6) is -2.09. The lowest BCUT2D eigenvalue weighted by atomic mass is 10.2. The van der Waals surface area contributed by atoms with Gasteiger partial charge < -0.3 is 14.2 Å². The van der Waals surface area contributed by atoms with Crippen LogP contribution >= 0.6 is 0 Å². The Kier molecular flexibility index (Phi) is 6.07. The zero-order chi connectivity index (χ0) is 18.6. The van der Waals surface area contributed by atoms with E-state index in [1.165, 1.54) is 0 Å². The molecule has 0 aromatic carbocycles. The summed E-state index contributed by atoms with van der Waals surface area (Å²) in [5.41, 5.74) is -2.00. The number of hydrogen-bond acceptors (Lipinski definition) is 7. The van der Waals surface area contributed by atoms with Gasteiger partial charge in [0.15, 0.2) is 0 Å². The lowest BCUT2D eigenvalue weighted by Gasteiger charge is -2.18. The van der Waals surface area contributed by atoms with Crippen LogP contribution in [0.5, 0.6) is 0 Å². The fourth-order valence-corrected chi connectivity index (χ4v) is 2.35. The van der Waals surface area contributed by atoms with E-state index in [4.69, 9.17) is 14.2 Å². The summed E-state index contributed by atoms with van der Waals surface area (Å²) < 4.78 is 30.2. The molecule has 9 nitrogen and oxygen atoms in total. The number of carbonyl (C=O) groups is 2. The molecular weight excluding hydrogens is 339 g/mol. The molecule has 1 fully saturated rings. The molecule has 10 heteroatoms. The largest absolute Gasteiger partial charge is 0.463 e. The number of carbonyl (C=O) groups excluding carboxylic acids is 2. The average Bonchev–Trinajstić information content (AvgIpc) is 2.98. The van der Waals surface area contributed by atoms with E-state index in [1.54, 1.807) is 13.8 Å². The summed E-state index contributed by atoms with van der Waals surface area (Å²) in [5, 5.41) is 0. The van der Waals surface area contributed by atoms with Crippen molar-refractivity contribution in [3.8, 4) is 0 Å². The number of hydrogen-bond donors (Lipinski definition) is 1. The van der Waals surface area contributed by atoms with Crippen LogP contribution in [0.2, 0.25) is 0 Å². The number of ether oxygens (including phenoxy) is 3. The van der Waals surface area contributed by atoms with Crippen molar-refractivity contribution in [3.63, 3.8) is 0 Å². The molecular formula is C15H19FN2O7. The first-order valence-corrected chi connectivity index (χ1v) is 7.87. The van der Waals surface area contributed by atoms with E-state index in [-0.39, 0.29) is 25.9 Å². The maximum Gasteiger partial charge on any atom is 0.330 e. The number of H-pyrrole nitrogens is 1. The van der Waals surface area contributed by atoms with E-state index >= 15 is 0 Å². The van der Waals surface area contributed by atoms with E-state index in [0.717, 1.165) is 10.8 Å². The number of nitrogens with zero attached hydrogens (tertiary/aromatic N) is 1. The second kappa shape index (κ2) is 8.06. The van der Waals surface area contributed by atoms with Gasteiger partial charge in [-0.1, -0.05) is 13.8 Å². The van der Waals surface area contributed by atoms with Gasteiger partial charge in [0.2, 0.25) is 5.82 Å². The smallest absolute Gasteiger partial charge is 0.330 e. The van der Waals surface area contributed by atoms with Gasteiger partial charge >= 0.3 is 17.6 Å². The Morgan fingerprint density at radius 3 is 2.64 bits per heavy atom. The molecule has 0 radical (unpaired) electrons. The van der Waals surface area contributed by atoms with Crippen LogP contribution in [0, 0.1) is 5.82 Å². The Morgan fingerprint density at radius 1 is 1.32 bits per heavy atom. The van der Waals surface area contributed by atoms with Crippen LogP contribution < -0.4 is 11.2 Å². The molecule has 1 aliphatic rings. The fourth-order valence-electron chi connectivity index (χ4n) is 2.35. The highest BCUT2D eigenvalue weighted by molar-refractivity contribution is 5.69. The van der Waals surface area contributed by atoms with Crippen molar-refractivity contribution >= 4 is 11.9 Å². The molecule has 2 heterocycles. The lowest BCUT2D eigenvalue weighted by Crippen LogP contribution is -2.34. The molecule has 0 bridgehead atoms. The Labute approximate surface area is 141 Å². The SMILES string of the molecule is CCC(=O)OC[C@H]1O[C@@H](n2cc(F)c(=O)[nH]c2=O)C[C@@H]1OC(=O)CC. The van der Waals surface area contributed by atoms with Crippen LogP contribution in [-0.4, -0.2) is 40.3 Å². The summed E-state index contributed by atoms with van der Waals surface area (Å²) in [4.78, 5) is 47.7. The second-order valence-corrected chi connectivity index (χ2v) is 5.43. The van der Waals surface area contributed by atoms with Gasteiger partial charge in [-0.05, 0) is 0 Å². The summed E-state index contributed by atoms with van der Waals surface area (Å²) in [6, 6.07) is 0. The number of halogens is 1. The van der Waals surface area contributed by atoms with Gasteiger partial charge in [0.25, 0.3) is 5.56 Å². The Balaban J connectivity index is 2.20. The van der Waals surface area contributed by atoms with Crippen LogP contribution in [0.4, 0.5) is 4.39 Å². The highest BCUT2D eigenvalue weighted by Crippen LogP contribution is 2.30. The molecule has 1 aliphatic heterocycles. The van der Waals surface area contributed by atoms with Gasteiger partial charge in [0.05, 0.1) is 6.20 Å². The van der Waals surface area contributed by atoms with Gasteiger partial charge in [-0.2, -0.15) is 4.39 Å². The van der Waals surface area contributed by atoms with E-state index in [0.29, 0.717) is 0 Å². The molecule has 3 atom stereocenters. The van der Waals surface area contributed by atoms with Crippen LogP contribution in [0.3, 0.4) is 0 Å². The van der Waals surface area contributed by atoms with Gasteiger partial charge in [-0.15, -0.1) is 0 Å². The maximum absolute atomic E-state index is 13.5. The molecule has 138 valence electrons. The zero-order valence-electron chi connectivity index (χ0n) is 13.8. The quantitative estimate of drug-likeness (QED) is 0.724. The van der Waals surface area contributed by atoms with E-state index in [9.17, 15) is 23.6 Å². The van der Waals surface area contributed by atoms with Crippen molar-refractivity contribution in [1.82, 2.24) is 9.55 Å². The Morgan fingerprint density at radius 2 is 2.00 bits per heavy atom. The van der Waals surface area contributed by atoms with E-state index in [2.05, 4.69) is 0 Å². The third-order valence-electron chi connectivity index (χ3n) is 3.68. The normalized spacial score (nSPS) is 22.6. The molecule has 1 aromatic heterocycles. The predicted octanol–water partition coefficient (Wildman–Crippen LogP) is 0.238. The minimum atomic E-state index is -1.15. The predicted molar refractivity (Wildman–Crippen MR) is 81.2 cm³/mol. The minimum absolute atomic E-state index is 0.0471. The summed E-state index contributed by atoms with van der Waals surface area (Å²) in [6.07, 6.45) is -1.48. The van der Waals surface area contributed by atoms with Crippen molar-refractivity contribution in [1.29, 1.82) is 0 Å². The average molecular weight is 358 g/mol. The van der Waals surface area contributed by atoms with Gasteiger partial charge in [0, 0.05) is 19.3 Å². The third-order valence-corrected chi connectivity index (χ3v) is 3.68. The number of esters is 2. The van der Waals surface area contributed by atoms with E-state index in [1.807, 2.05) is 4.98 Å². The zero-order valence-corrected chi connectivity index (χ0v) is 13.8. The van der Waals surface area contributed by atoms with Crippen molar-refractivity contribution < 1.29 is 28.2 Å². The van der Waals surface area contributed by atoms with Crippen LogP contribution in [0.1, 0.15) is 39.3 Å². The minimum Gasteiger partial charge on any atom is -0.463 e. The molecule has 0 amide bonds. The molecule has 1 N–H and O–H groups in total. The molecule has 2 rings (SSSR count). The third kappa shape index (κ3) is 4.53. The van der Waals surface area contributed by atoms with Crippen LogP contribution in [0.15, 0.2) is 15.8 Å². The van der Waals surface area contributed by atoms with Crippen molar-refractivity contribution in [2.45, 2.75) is 51.5 Å². The van der Waals surface area contributed by atoms with E-state index < -0.39 is 47.4 Å². The highest BCUT2D eigenvalue weighted by Gasteiger charge is 2.40. The highest BCUT2D eigenvalue weighted by atomic mass is 19.1. The van der Waals surface area contributed by atoms with Gasteiger partial charge in [-0.25, -0.2) is 4.79 Å². The molecule has 0 spiro atoms. The topological polar surface area (TPSA) is 117 Å². The molecule has 0 saturated carbocycles. The number of aromatic nitrogens is 2. The first-order chi connectivity index (χ1) is 11.8. The number of nitrogens with one attached hydrogen (secondary N) is 1. The molecule has 25 heavy (non-hydrogen) atoms. The number of rotatable bonds is 6. The summed E-state index contributed by atoms with van der Waals surface area (Å²) in [7, 11) is 0. The first kappa shape index (κ1) is 18.8. The molecule has 0 unspecified atom stereocenters. The first-order valence-electron chi connectivity index (χ1n) is 7.87. The monoisotopic (exact) mass is 358 g/mol. The fraction of sp³-hybridized carbons (Fsp3) is 0.600. The lowest BCUT2D eigenvalue weighted by molar-refractivity contribution is -0.157. The second-order valence-electron chi connectivity index (χ2n) is 5.43. The Hall–Kier alpha value is -2.49. The summed E-state index contributed by atoms with van der Waals surface area (Å²) in [6.45, 7) is 3.06. The van der Waals surface area contributed by atoms with Crippen molar-refractivity contribution in [3.05, 3.63) is 32.9 Å². The van der Waals surface area contributed by atoms with Crippen LogP contribution in [-0.2, 0) is 23.8 Å². The number of aromatic amines is 1. The molecule has 1 aromatic rings.